The monoisotopic (exact) mass is 564 g/mol. The first-order valence-corrected chi connectivity index (χ1v) is 13.2. The third kappa shape index (κ3) is 5.74. The quantitative estimate of drug-likeness (QED) is 0.266. The molecule has 0 spiro atoms. The van der Waals surface area contributed by atoms with Crippen molar-refractivity contribution in [2.45, 2.75) is 25.9 Å². The Balaban J connectivity index is 1.32. The number of anilines is 3. The number of alkyl halides is 3. The number of rotatable bonds is 7. The summed E-state index contributed by atoms with van der Waals surface area (Å²) in [6, 6.07) is 15.2. The first kappa shape index (κ1) is 27.1. The van der Waals surface area contributed by atoms with Crippen LogP contribution in [0.25, 0.3) is 11.1 Å². The number of hydrogen-bond donors (Lipinski definition) is 2. The fraction of sp³-hybridized carbons (Fsp3) is 0.172. The van der Waals surface area contributed by atoms with Crippen molar-refractivity contribution in [3.8, 4) is 11.1 Å². The van der Waals surface area contributed by atoms with Crippen molar-refractivity contribution >= 4 is 46.1 Å². The number of fused-ring (bicyclic) bond motifs is 1. The zero-order valence-electron chi connectivity index (χ0n) is 21.2. The molecule has 0 fully saturated rings. The van der Waals surface area contributed by atoms with Crippen LogP contribution in [0.3, 0.4) is 0 Å². The van der Waals surface area contributed by atoms with E-state index in [0.29, 0.717) is 52.6 Å². The van der Waals surface area contributed by atoms with E-state index in [4.69, 9.17) is 0 Å². The molecule has 1 aliphatic heterocycles. The molecule has 2 heterocycles. The highest BCUT2D eigenvalue weighted by Gasteiger charge is 2.30. The van der Waals surface area contributed by atoms with Crippen LogP contribution in [0.15, 0.2) is 66.0 Å². The van der Waals surface area contributed by atoms with Gasteiger partial charge in [-0.3, -0.25) is 14.4 Å². The Labute approximate surface area is 231 Å². The first-order valence-electron chi connectivity index (χ1n) is 12.3. The van der Waals surface area contributed by atoms with E-state index in [1.54, 1.807) is 40.6 Å². The summed E-state index contributed by atoms with van der Waals surface area (Å²) in [6.07, 6.45) is -3.21. The van der Waals surface area contributed by atoms with Gasteiger partial charge in [0.25, 0.3) is 5.91 Å². The van der Waals surface area contributed by atoms with Crippen LogP contribution in [0.2, 0.25) is 0 Å². The van der Waals surface area contributed by atoms with Crippen LogP contribution in [0.1, 0.15) is 32.7 Å². The number of aryl methyl sites for hydroxylation is 1. The van der Waals surface area contributed by atoms with E-state index in [0.717, 1.165) is 28.9 Å². The van der Waals surface area contributed by atoms with E-state index >= 15 is 0 Å². The van der Waals surface area contributed by atoms with Gasteiger partial charge in [0.1, 0.15) is 0 Å². The van der Waals surface area contributed by atoms with Gasteiger partial charge < -0.3 is 15.5 Å². The Morgan fingerprint density at radius 1 is 1.07 bits per heavy atom. The molecule has 0 aliphatic carbocycles. The van der Waals surface area contributed by atoms with Crippen LogP contribution < -0.4 is 15.5 Å². The van der Waals surface area contributed by atoms with Gasteiger partial charge in [-0.05, 0) is 66.4 Å². The highest BCUT2D eigenvalue weighted by molar-refractivity contribution is 7.13. The van der Waals surface area contributed by atoms with Crippen molar-refractivity contribution in [2.75, 3.05) is 22.1 Å². The molecule has 5 rings (SSSR count). The van der Waals surface area contributed by atoms with E-state index in [2.05, 4.69) is 15.6 Å². The van der Waals surface area contributed by atoms with Crippen molar-refractivity contribution in [2.24, 2.45) is 0 Å². The summed E-state index contributed by atoms with van der Waals surface area (Å²) in [6.45, 7) is 2.34. The van der Waals surface area contributed by atoms with E-state index < -0.39 is 17.6 Å². The van der Waals surface area contributed by atoms with Gasteiger partial charge in [0.2, 0.25) is 12.3 Å². The standard InChI is InChI=1S/C29H23F3N4O3S/c1-17-2-8-23(24(12-17)18-3-5-20(6-4-18)29(30,31)32)27(39)34-21-7-9-25-19(13-21)10-11-36(25)26(38)14-22-15-40-28(35-22)33-16-37/h2-9,12-13,15-16H,10-11,14H2,1H3,(H,34,39)(H,33,35,37). The van der Waals surface area contributed by atoms with Gasteiger partial charge in [-0.25, -0.2) is 4.98 Å². The fourth-order valence-electron chi connectivity index (χ4n) is 4.63. The lowest BCUT2D eigenvalue weighted by atomic mass is 9.96. The SMILES string of the molecule is Cc1ccc(C(=O)Nc2ccc3c(c2)CCN3C(=O)Cc2csc(NC=O)n2)c(-c2ccc(C(F)(F)F)cc2)c1. The predicted molar refractivity (Wildman–Crippen MR) is 148 cm³/mol. The minimum absolute atomic E-state index is 0.0924. The lowest BCUT2D eigenvalue weighted by molar-refractivity contribution is -0.137. The van der Waals surface area contributed by atoms with Crippen LogP contribution in [-0.2, 0) is 28.6 Å². The van der Waals surface area contributed by atoms with Gasteiger partial charge in [-0.15, -0.1) is 11.3 Å². The molecule has 204 valence electrons. The van der Waals surface area contributed by atoms with E-state index in [1.807, 2.05) is 13.0 Å². The Kier molecular flexibility index (Phi) is 7.40. The Bertz CT molecular complexity index is 1600. The maximum atomic E-state index is 13.3. The van der Waals surface area contributed by atoms with Crippen LogP contribution >= 0.6 is 11.3 Å². The van der Waals surface area contributed by atoms with Crippen molar-refractivity contribution in [1.82, 2.24) is 4.98 Å². The third-order valence-electron chi connectivity index (χ3n) is 6.54. The van der Waals surface area contributed by atoms with Crippen molar-refractivity contribution < 1.29 is 27.6 Å². The summed E-state index contributed by atoms with van der Waals surface area (Å²) in [7, 11) is 0. The summed E-state index contributed by atoms with van der Waals surface area (Å²) >= 11 is 1.24. The Morgan fingerprint density at radius 3 is 2.58 bits per heavy atom. The molecule has 3 amide bonds. The van der Waals surface area contributed by atoms with Crippen LogP contribution in [0.4, 0.5) is 29.7 Å². The van der Waals surface area contributed by atoms with E-state index in [1.165, 1.54) is 23.5 Å². The minimum atomic E-state index is -4.45. The van der Waals surface area contributed by atoms with Crippen molar-refractivity contribution in [3.05, 3.63) is 94.0 Å². The molecule has 0 radical (unpaired) electrons. The molecule has 0 atom stereocenters. The van der Waals surface area contributed by atoms with Crippen molar-refractivity contribution in [1.29, 1.82) is 0 Å². The molecule has 0 unspecified atom stereocenters. The lowest BCUT2D eigenvalue weighted by Gasteiger charge is -2.17. The molecular weight excluding hydrogens is 541 g/mol. The minimum Gasteiger partial charge on any atom is -0.322 e. The molecule has 2 N–H and O–H groups in total. The number of carbonyl (C=O) groups excluding carboxylic acids is 3. The number of halogens is 3. The fourth-order valence-corrected chi connectivity index (χ4v) is 5.30. The smallest absolute Gasteiger partial charge is 0.322 e. The molecule has 7 nitrogen and oxygen atoms in total. The molecule has 0 saturated heterocycles. The number of thiazole rings is 1. The summed E-state index contributed by atoms with van der Waals surface area (Å²) in [5.74, 6) is -0.525. The largest absolute Gasteiger partial charge is 0.416 e. The number of nitrogens with zero attached hydrogens (tertiary/aromatic N) is 2. The molecule has 0 saturated carbocycles. The van der Waals surface area contributed by atoms with Crippen LogP contribution in [-0.4, -0.2) is 29.8 Å². The third-order valence-corrected chi connectivity index (χ3v) is 7.37. The summed E-state index contributed by atoms with van der Waals surface area (Å²) in [5, 5.41) is 7.51. The summed E-state index contributed by atoms with van der Waals surface area (Å²) < 4.78 is 39.1. The number of aromatic nitrogens is 1. The summed E-state index contributed by atoms with van der Waals surface area (Å²) in [5.41, 5.74) is 4.23. The van der Waals surface area contributed by atoms with E-state index in [-0.39, 0.29) is 12.3 Å². The second kappa shape index (κ2) is 10.9. The topological polar surface area (TPSA) is 91.4 Å². The molecule has 11 heteroatoms. The predicted octanol–water partition coefficient (Wildman–Crippen LogP) is 6.09. The van der Waals surface area contributed by atoms with Crippen molar-refractivity contribution in [3.63, 3.8) is 0 Å². The lowest BCUT2D eigenvalue weighted by Crippen LogP contribution is -2.30. The number of hydrogen-bond acceptors (Lipinski definition) is 5. The van der Waals surface area contributed by atoms with Gasteiger partial charge in [-0.1, -0.05) is 29.8 Å². The first-order chi connectivity index (χ1) is 19.1. The molecule has 4 aromatic rings. The highest BCUT2D eigenvalue weighted by atomic mass is 32.1. The normalized spacial score (nSPS) is 12.7. The van der Waals surface area contributed by atoms with Gasteiger partial charge in [-0.2, -0.15) is 13.2 Å². The molecule has 40 heavy (non-hydrogen) atoms. The average molecular weight is 565 g/mol. The molecule has 1 aromatic heterocycles. The Morgan fingerprint density at radius 2 is 1.85 bits per heavy atom. The molecule has 1 aliphatic rings. The van der Waals surface area contributed by atoms with Crippen LogP contribution in [0.5, 0.6) is 0 Å². The molecule has 3 aromatic carbocycles. The Hall–Kier alpha value is -4.51. The molecule has 0 bridgehead atoms. The summed E-state index contributed by atoms with van der Waals surface area (Å²) in [4.78, 5) is 42.7. The number of carbonyl (C=O) groups is 3. The second-order valence-corrected chi connectivity index (χ2v) is 10.2. The van der Waals surface area contributed by atoms with Crippen LogP contribution in [0, 0.1) is 6.92 Å². The average Bonchev–Trinajstić information content (AvgIpc) is 3.55. The number of amides is 3. The van der Waals surface area contributed by atoms with E-state index in [9.17, 15) is 27.6 Å². The van der Waals surface area contributed by atoms with Gasteiger partial charge >= 0.3 is 6.18 Å². The second-order valence-electron chi connectivity index (χ2n) is 9.30. The van der Waals surface area contributed by atoms with Gasteiger partial charge in [0, 0.05) is 28.9 Å². The molecular formula is C29H23F3N4O3S. The maximum Gasteiger partial charge on any atom is 0.416 e. The van der Waals surface area contributed by atoms with Gasteiger partial charge in [0.15, 0.2) is 5.13 Å². The zero-order chi connectivity index (χ0) is 28.4. The highest BCUT2D eigenvalue weighted by Crippen LogP contribution is 2.34. The number of nitrogens with one attached hydrogen (secondary N) is 2. The van der Waals surface area contributed by atoms with Gasteiger partial charge in [0.05, 0.1) is 17.7 Å². The zero-order valence-corrected chi connectivity index (χ0v) is 22.0. The number of benzene rings is 3. The maximum absolute atomic E-state index is 13.3.